The minimum Gasteiger partial charge on any atom is -0.445 e. The highest BCUT2D eigenvalue weighted by molar-refractivity contribution is 5.95. The molecule has 1 aliphatic heterocycles. The van der Waals surface area contributed by atoms with Gasteiger partial charge in [-0.15, -0.1) is 0 Å². The molecule has 1 fully saturated rings. The van der Waals surface area contributed by atoms with Gasteiger partial charge < -0.3 is 14.8 Å². The second-order valence-electron chi connectivity index (χ2n) is 6.27. The van der Waals surface area contributed by atoms with Crippen molar-refractivity contribution in [3.05, 3.63) is 35.9 Å². The molecule has 5 nitrogen and oxygen atoms in total. The Hall–Kier alpha value is -1.88. The first kappa shape index (κ1) is 16.5. The molecular formula is C17H23NO4. The Balaban J connectivity index is 1.89. The summed E-state index contributed by atoms with van der Waals surface area (Å²) < 4.78 is 10.4. The second-order valence-corrected chi connectivity index (χ2v) is 6.27. The Kier molecular flexibility index (Phi) is 5.19. The highest BCUT2D eigenvalue weighted by atomic mass is 16.6. The van der Waals surface area contributed by atoms with Crippen molar-refractivity contribution in [3.63, 3.8) is 0 Å². The van der Waals surface area contributed by atoms with Gasteiger partial charge in [0.1, 0.15) is 12.2 Å². The third kappa shape index (κ3) is 4.56. The average molecular weight is 305 g/mol. The Labute approximate surface area is 131 Å². The van der Waals surface area contributed by atoms with Crippen molar-refractivity contribution < 1.29 is 19.1 Å². The fraction of sp³-hybridized carbons (Fsp3) is 0.529. The maximum Gasteiger partial charge on any atom is 0.408 e. The minimum atomic E-state index is -0.744. The van der Waals surface area contributed by atoms with E-state index in [1.807, 2.05) is 44.2 Å². The van der Waals surface area contributed by atoms with Crippen LogP contribution in [0.5, 0.6) is 0 Å². The molecular weight excluding hydrogens is 282 g/mol. The zero-order chi connectivity index (χ0) is 16.2. The first-order valence-electron chi connectivity index (χ1n) is 7.56. The summed E-state index contributed by atoms with van der Waals surface area (Å²) in [5.74, 6) is 0.198. The number of ether oxygens (including phenoxy) is 2. The molecule has 0 spiro atoms. The predicted octanol–water partition coefficient (Wildman–Crippen LogP) is 2.69. The highest BCUT2D eigenvalue weighted by Crippen LogP contribution is 2.29. The predicted molar refractivity (Wildman–Crippen MR) is 82.4 cm³/mol. The summed E-state index contributed by atoms with van der Waals surface area (Å²) in [6.45, 7) is 6.37. The molecule has 1 aromatic rings. The van der Waals surface area contributed by atoms with Crippen LogP contribution in [0.15, 0.2) is 30.3 Å². The number of hydrogen-bond acceptors (Lipinski definition) is 4. The van der Waals surface area contributed by atoms with Crippen LogP contribution in [-0.4, -0.2) is 30.1 Å². The van der Waals surface area contributed by atoms with Crippen molar-refractivity contribution in [3.8, 4) is 0 Å². The van der Waals surface area contributed by atoms with Crippen LogP contribution < -0.4 is 5.32 Å². The van der Waals surface area contributed by atoms with E-state index in [4.69, 9.17) is 9.47 Å². The topological polar surface area (TPSA) is 67.9 Å². The SMILES string of the molecule is CC(C)C[C@@H](NC(=O)OCc1ccccc1)C(=O)[C@@]1(C)CO1. The van der Waals surface area contributed by atoms with E-state index in [-0.39, 0.29) is 18.3 Å². The zero-order valence-electron chi connectivity index (χ0n) is 13.3. The van der Waals surface area contributed by atoms with Gasteiger partial charge in [0, 0.05) is 0 Å². The molecule has 1 aliphatic rings. The molecule has 1 saturated heterocycles. The van der Waals surface area contributed by atoms with Gasteiger partial charge in [-0.05, 0) is 24.8 Å². The maximum absolute atomic E-state index is 12.4. The van der Waals surface area contributed by atoms with Gasteiger partial charge in [0.25, 0.3) is 0 Å². The van der Waals surface area contributed by atoms with Crippen LogP contribution in [0, 0.1) is 5.92 Å². The van der Waals surface area contributed by atoms with Gasteiger partial charge in [0.2, 0.25) is 0 Å². The van der Waals surface area contributed by atoms with Crippen molar-refractivity contribution in [2.75, 3.05) is 6.61 Å². The van der Waals surface area contributed by atoms with E-state index in [9.17, 15) is 9.59 Å². The van der Waals surface area contributed by atoms with Crippen molar-refractivity contribution >= 4 is 11.9 Å². The molecule has 1 N–H and O–H groups in total. The van der Waals surface area contributed by atoms with Crippen LogP contribution >= 0.6 is 0 Å². The number of amides is 1. The first-order chi connectivity index (χ1) is 10.4. The summed E-state index contributed by atoms with van der Waals surface area (Å²) in [5.41, 5.74) is 0.161. The van der Waals surface area contributed by atoms with E-state index in [1.165, 1.54) is 0 Å². The number of hydrogen-bond donors (Lipinski definition) is 1. The number of alkyl carbamates (subject to hydrolysis) is 1. The highest BCUT2D eigenvalue weighted by Gasteiger charge is 2.50. The van der Waals surface area contributed by atoms with E-state index in [1.54, 1.807) is 6.92 Å². The molecule has 1 amide bonds. The van der Waals surface area contributed by atoms with E-state index in [2.05, 4.69) is 5.32 Å². The summed E-state index contributed by atoms with van der Waals surface area (Å²) in [6.07, 6.45) is -0.00908. The van der Waals surface area contributed by atoms with Crippen LogP contribution in [0.4, 0.5) is 4.79 Å². The van der Waals surface area contributed by atoms with Gasteiger partial charge in [0.15, 0.2) is 5.78 Å². The van der Waals surface area contributed by atoms with Gasteiger partial charge in [-0.3, -0.25) is 4.79 Å². The third-order valence-corrected chi connectivity index (χ3v) is 3.63. The molecule has 1 heterocycles. The lowest BCUT2D eigenvalue weighted by Crippen LogP contribution is -2.46. The number of epoxide rings is 1. The monoisotopic (exact) mass is 305 g/mol. The normalized spacial score (nSPS) is 21.3. The third-order valence-electron chi connectivity index (χ3n) is 3.63. The summed E-state index contributed by atoms with van der Waals surface area (Å²) in [4.78, 5) is 24.3. The molecule has 2 rings (SSSR count). The molecule has 22 heavy (non-hydrogen) atoms. The van der Waals surface area contributed by atoms with Crippen LogP contribution in [0.1, 0.15) is 32.8 Å². The van der Waals surface area contributed by atoms with Crippen LogP contribution in [-0.2, 0) is 20.9 Å². The van der Waals surface area contributed by atoms with Crippen LogP contribution in [0.3, 0.4) is 0 Å². The van der Waals surface area contributed by atoms with Gasteiger partial charge in [-0.2, -0.15) is 0 Å². The van der Waals surface area contributed by atoms with Crippen molar-refractivity contribution in [2.24, 2.45) is 5.92 Å². The van der Waals surface area contributed by atoms with Crippen molar-refractivity contribution in [2.45, 2.75) is 45.4 Å². The lowest BCUT2D eigenvalue weighted by Gasteiger charge is -2.21. The Morgan fingerprint density at radius 1 is 1.32 bits per heavy atom. The number of benzene rings is 1. The smallest absolute Gasteiger partial charge is 0.408 e. The minimum absolute atomic E-state index is 0.0853. The lowest BCUT2D eigenvalue weighted by atomic mass is 9.93. The summed E-state index contributed by atoms with van der Waals surface area (Å²) in [5, 5.41) is 2.67. The second kappa shape index (κ2) is 6.92. The number of ketones is 1. The molecule has 0 bridgehead atoms. The van der Waals surface area contributed by atoms with E-state index in [0.717, 1.165) is 5.56 Å². The summed E-state index contributed by atoms with van der Waals surface area (Å²) >= 11 is 0. The standard InChI is InChI=1S/C17H23NO4/c1-12(2)9-14(15(19)17(3)11-22-17)18-16(20)21-10-13-7-5-4-6-8-13/h4-8,12,14H,9-11H2,1-3H3,(H,18,20)/t14-,17-/m1/s1. The maximum atomic E-state index is 12.4. The van der Waals surface area contributed by atoms with E-state index < -0.39 is 17.7 Å². The Morgan fingerprint density at radius 3 is 2.50 bits per heavy atom. The largest absolute Gasteiger partial charge is 0.445 e. The molecule has 1 aromatic carbocycles. The fourth-order valence-electron chi connectivity index (χ4n) is 2.23. The molecule has 0 saturated carbocycles. The average Bonchev–Trinajstić information content (AvgIpc) is 3.23. The number of nitrogens with one attached hydrogen (secondary N) is 1. The number of carbonyl (C=O) groups excluding carboxylic acids is 2. The van der Waals surface area contributed by atoms with Crippen LogP contribution in [0.2, 0.25) is 0 Å². The van der Waals surface area contributed by atoms with E-state index >= 15 is 0 Å². The summed E-state index contributed by atoms with van der Waals surface area (Å²) in [6, 6.07) is 8.85. The van der Waals surface area contributed by atoms with Gasteiger partial charge in [-0.25, -0.2) is 4.79 Å². The van der Waals surface area contributed by atoms with Gasteiger partial charge in [0.05, 0.1) is 12.6 Å². The van der Waals surface area contributed by atoms with Crippen molar-refractivity contribution in [1.29, 1.82) is 0 Å². The van der Waals surface area contributed by atoms with Crippen LogP contribution in [0.25, 0.3) is 0 Å². The number of rotatable bonds is 7. The van der Waals surface area contributed by atoms with E-state index in [0.29, 0.717) is 13.0 Å². The first-order valence-corrected chi connectivity index (χ1v) is 7.56. The zero-order valence-corrected chi connectivity index (χ0v) is 13.3. The molecule has 0 radical (unpaired) electrons. The Bertz CT molecular complexity index is 523. The molecule has 2 atom stereocenters. The lowest BCUT2D eigenvalue weighted by molar-refractivity contribution is -0.125. The Morgan fingerprint density at radius 2 is 1.95 bits per heavy atom. The molecule has 0 unspecified atom stereocenters. The quantitative estimate of drug-likeness (QED) is 0.786. The number of Topliss-reactive ketones (excluding diaryl/α,β-unsaturated/α-hetero) is 1. The summed E-state index contributed by atoms with van der Waals surface area (Å²) in [7, 11) is 0. The number of carbonyl (C=O) groups is 2. The molecule has 0 aromatic heterocycles. The van der Waals surface area contributed by atoms with Gasteiger partial charge >= 0.3 is 6.09 Å². The fourth-order valence-corrected chi connectivity index (χ4v) is 2.23. The molecule has 0 aliphatic carbocycles. The van der Waals surface area contributed by atoms with Crippen molar-refractivity contribution in [1.82, 2.24) is 5.32 Å². The van der Waals surface area contributed by atoms with Gasteiger partial charge in [-0.1, -0.05) is 44.2 Å². The molecule has 5 heteroatoms. The molecule has 120 valence electrons.